The largest absolute Gasteiger partial charge is 0.481 e. The predicted octanol–water partition coefficient (Wildman–Crippen LogP) is 7.07. The minimum atomic E-state index is -1.10. The van der Waals surface area contributed by atoms with Crippen molar-refractivity contribution in [2.75, 3.05) is 13.7 Å². The Morgan fingerprint density at radius 1 is 1.00 bits per heavy atom. The molecule has 0 saturated carbocycles. The number of halogens is 2. The lowest BCUT2D eigenvalue weighted by Gasteiger charge is -2.23. The molecule has 1 fully saturated rings. The smallest absolute Gasteiger partial charge is 0.407 e. The number of carbonyl (C=O) groups excluding carboxylic acids is 2. The van der Waals surface area contributed by atoms with Gasteiger partial charge in [0.25, 0.3) is 0 Å². The molecule has 0 bridgehead atoms. The van der Waals surface area contributed by atoms with Gasteiger partial charge in [-0.2, -0.15) is 0 Å². The maximum absolute atomic E-state index is 12.3. The molecule has 1 saturated heterocycles. The van der Waals surface area contributed by atoms with Crippen LogP contribution in [0.5, 0.6) is 5.88 Å². The fourth-order valence-corrected chi connectivity index (χ4v) is 6.63. The summed E-state index contributed by atoms with van der Waals surface area (Å²) in [7, 11) is 1.48. The Labute approximate surface area is 270 Å². The highest BCUT2D eigenvalue weighted by atomic mass is 35.5. The average molecular weight is 646 g/mol. The van der Waals surface area contributed by atoms with E-state index in [0.29, 0.717) is 57.4 Å². The van der Waals surface area contributed by atoms with E-state index in [1.807, 2.05) is 42.5 Å². The summed E-state index contributed by atoms with van der Waals surface area (Å²) in [6.07, 6.45) is 3.70. The van der Waals surface area contributed by atoms with Crippen molar-refractivity contribution in [3.8, 4) is 39.4 Å². The van der Waals surface area contributed by atoms with Gasteiger partial charge in [-0.25, -0.2) is 9.78 Å². The Morgan fingerprint density at radius 3 is 2.40 bits per heavy atom. The van der Waals surface area contributed by atoms with Crippen LogP contribution in [0, 0.1) is 0 Å². The molecule has 0 radical (unpaired) electrons. The topological polar surface area (TPSA) is 122 Å². The molecule has 0 spiro atoms. The van der Waals surface area contributed by atoms with Crippen molar-refractivity contribution in [1.82, 2.24) is 20.2 Å². The molecule has 3 heterocycles. The second-order valence-corrected chi connectivity index (χ2v) is 11.9. The van der Waals surface area contributed by atoms with Gasteiger partial charge in [0.2, 0.25) is 11.8 Å². The van der Waals surface area contributed by atoms with Gasteiger partial charge in [-0.05, 0) is 43.0 Å². The van der Waals surface area contributed by atoms with Crippen LogP contribution in [0.1, 0.15) is 47.3 Å². The molecule has 2 aromatic heterocycles. The van der Waals surface area contributed by atoms with Crippen LogP contribution >= 0.6 is 23.2 Å². The third-order valence-electron chi connectivity index (χ3n) is 8.25. The van der Waals surface area contributed by atoms with E-state index >= 15 is 0 Å². The predicted molar refractivity (Wildman–Crippen MR) is 172 cm³/mol. The summed E-state index contributed by atoms with van der Waals surface area (Å²) in [6, 6.07) is 16.6. The van der Waals surface area contributed by atoms with E-state index in [9.17, 15) is 19.5 Å². The Bertz CT molecular complexity index is 1830. The van der Waals surface area contributed by atoms with E-state index in [2.05, 4.69) is 15.3 Å². The molecule has 1 aliphatic heterocycles. The van der Waals surface area contributed by atoms with Crippen LogP contribution in [0.15, 0.2) is 60.8 Å². The molecule has 230 valence electrons. The number of methoxy groups -OCH3 is 1. The molecule has 4 aromatic rings. The minimum Gasteiger partial charge on any atom is -0.481 e. The zero-order valence-corrected chi connectivity index (χ0v) is 26.0. The second kappa shape index (κ2) is 12.9. The highest BCUT2D eigenvalue weighted by molar-refractivity contribution is 6.39. The Balaban J connectivity index is 1.30. The van der Waals surface area contributed by atoms with Crippen molar-refractivity contribution in [2.45, 2.75) is 44.7 Å². The van der Waals surface area contributed by atoms with E-state index in [-0.39, 0.29) is 36.7 Å². The molecule has 1 atom stereocenters. The number of ether oxygens (including phenoxy) is 1. The summed E-state index contributed by atoms with van der Waals surface area (Å²) in [5, 5.41) is 13.6. The van der Waals surface area contributed by atoms with E-state index in [1.54, 1.807) is 18.3 Å². The summed E-state index contributed by atoms with van der Waals surface area (Å²) in [6.45, 7) is 0.208. The van der Waals surface area contributed by atoms with E-state index < -0.39 is 6.09 Å². The minimum absolute atomic E-state index is 0.0417. The molecule has 2 aromatic carbocycles. The molecular weight excluding hydrogens is 615 g/mol. The fraction of sp³-hybridized carbons (Fsp3) is 0.265. The van der Waals surface area contributed by atoms with Gasteiger partial charge in [0.15, 0.2) is 5.78 Å². The highest BCUT2D eigenvalue weighted by Gasteiger charge is 2.27. The van der Waals surface area contributed by atoms with Crippen molar-refractivity contribution < 1.29 is 24.2 Å². The van der Waals surface area contributed by atoms with Gasteiger partial charge in [-0.15, -0.1) is 0 Å². The monoisotopic (exact) mass is 644 g/mol. The number of hydrogen-bond donors (Lipinski definition) is 2. The number of fused-ring (bicyclic) bond motifs is 1. The number of Topliss-reactive ketones (excluding diaryl/α,β-unsaturated/α-hetero) is 1. The normalized spacial score (nSPS) is 15.8. The number of nitrogens with zero attached hydrogens (tertiary/aromatic N) is 3. The number of benzene rings is 2. The Hall–Kier alpha value is -4.47. The average Bonchev–Trinajstić information content (AvgIpc) is 3.45. The zero-order valence-electron chi connectivity index (χ0n) is 24.5. The first-order valence-corrected chi connectivity index (χ1v) is 15.4. The third-order valence-corrected chi connectivity index (χ3v) is 9.06. The molecule has 2 N–H and O–H groups in total. The number of nitrogens with one attached hydrogen (secondary N) is 1. The first kappa shape index (κ1) is 30.6. The number of pyridine rings is 2. The summed E-state index contributed by atoms with van der Waals surface area (Å²) in [5.41, 5.74) is 6.31. The number of rotatable bonds is 8. The molecule has 2 amide bonds. The van der Waals surface area contributed by atoms with Crippen molar-refractivity contribution >= 4 is 41.0 Å². The van der Waals surface area contributed by atoms with Crippen molar-refractivity contribution in [2.24, 2.45) is 0 Å². The standard InChI is InChI=1S/C34H30Cl2N4O5/c1-45-33-20(17-40(34(43)44)18-22-12-14-29(42)38-22)11-13-27(39-33)26-9-4-8-25(31(26)36)24-7-3-6-23(30(24)35)21-15-19-5-2-10-28(41)32(19)37-16-21/h3-4,6-9,11,13,15-16,22H,2,5,10,12,14,17-18H2,1H3,(H,38,42)(H,43,44). The number of aromatic nitrogens is 2. The molecule has 11 heteroatoms. The molecule has 6 rings (SSSR count). The lowest BCUT2D eigenvalue weighted by molar-refractivity contribution is -0.119. The lowest BCUT2D eigenvalue weighted by Crippen LogP contribution is -2.41. The van der Waals surface area contributed by atoms with Gasteiger partial charge in [0.1, 0.15) is 5.69 Å². The Kier molecular flexibility index (Phi) is 8.74. The quantitative estimate of drug-likeness (QED) is 0.210. The highest BCUT2D eigenvalue weighted by Crippen LogP contribution is 2.42. The van der Waals surface area contributed by atoms with Crippen molar-refractivity contribution in [1.29, 1.82) is 0 Å². The van der Waals surface area contributed by atoms with Gasteiger partial charge < -0.3 is 20.1 Å². The number of carboxylic acid groups (broad SMARTS) is 1. The first-order valence-electron chi connectivity index (χ1n) is 14.6. The summed E-state index contributed by atoms with van der Waals surface area (Å²) >= 11 is 14.0. The number of carbonyl (C=O) groups is 3. The number of ketones is 1. The summed E-state index contributed by atoms with van der Waals surface area (Å²) < 4.78 is 5.57. The molecule has 9 nitrogen and oxygen atoms in total. The van der Waals surface area contributed by atoms with Crippen LogP contribution in [0.2, 0.25) is 10.0 Å². The number of hydrogen-bond acceptors (Lipinski definition) is 6. The summed E-state index contributed by atoms with van der Waals surface area (Å²) in [4.78, 5) is 46.3. The van der Waals surface area contributed by atoms with Crippen LogP contribution in [-0.4, -0.2) is 57.5 Å². The van der Waals surface area contributed by atoms with Crippen LogP contribution in [-0.2, 0) is 17.8 Å². The fourth-order valence-electron chi connectivity index (χ4n) is 5.97. The van der Waals surface area contributed by atoms with Gasteiger partial charge in [-0.3, -0.25) is 14.6 Å². The van der Waals surface area contributed by atoms with Gasteiger partial charge in [0.05, 0.1) is 29.4 Å². The van der Waals surface area contributed by atoms with Gasteiger partial charge >= 0.3 is 6.09 Å². The maximum Gasteiger partial charge on any atom is 0.407 e. The van der Waals surface area contributed by atoms with Crippen LogP contribution < -0.4 is 10.1 Å². The van der Waals surface area contributed by atoms with Gasteiger partial charge in [-0.1, -0.05) is 59.6 Å². The van der Waals surface area contributed by atoms with E-state index in [1.165, 1.54) is 12.0 Å². The summed E-state index contributed by atoms with van der Waals surface area (Å²) in [5.74, 6) is 0.270. The van der Waals surface area contributed by atoms with Crippen molar-refractivity contribution in [3.05, 3.63) is 87.7 Å². The molecule has 1 unspecified atom stereocenters. The van der Waals surface area contributed by atoms with E-state index in [0.717, 1.165) is 35.1 Å². The second-order valence-electron chi connectivity index (χ2n) is 11.2. The number of aryl methyl sites for hydroxylation is 1. The zero-order chi connectivity index (χ0) is 31.7. The van der Waals surface area contributed by atoms with Crippen LogP contribution in [0.25, 0.3) is 33.5 Å². The lowest BCUT2D eigenvalue weighted by atomic mass is 9.92. The van der Waals surface area contributed by atoms with Crippen LogP contribution in [0.3, 0.4) is 0 Å². The van der Waals surface area contributed by atoms with Crippen LogP contribution in [0.4, 0.5) is 4.79 Å². The SMILES string of the molecule is COc1nc(-c2cccc(-c3cccc(-c4cnc5c(c4)CCCC5=O)c3Cl)c2Cl)ccc1CN(CC1CCC(=O)N1)C(=O)O. The number of amides is 2. The third kappa shape index (κ3) is 6.23. The maximum atomic E-state index is 12.3. The van der Waals surface area contributed by atoms with E-state index in [4.69, 9.17) is 27.9 Å². The molecular formula is C34H30Cl2N4O5. The molecule has 1 aliphatic carbocycles. The molecule has 2 aliphatic rings. The van der Waals surface area contributed by atoms with Crippen molar-refractivity contribution in [3.63, 3.8) is 0 Å². The first-order chi connectivity index (χ1) is 21.7. The molecule has 45 heavy (non-hydrogen) atoms. The Morgan fingerprint density at radius 2 is 1.71 bits per heavy atom. The van der Waals surface area contributed by atoms with Gasteiger partial charge in [0, 0.05) is 65.0 Å².